The summed E-state index contributed by atoms with van der Waals surface area (Å²) >= 11 is 0. The van der Waals surface area contributed by atoms with Crippen molar-refractivity contribution in [3.63, 3.8) is 0 Å². The normalized spacial score (nSPS) is 12.1. The number of rotatable bonds is 4. The molecule has 1 atom stereocenters. The lowest BCUT2D eigenvalue weighted by Gasteiger charge is -2.16. The molecule has 9 heteroatoms. The molecule has 0 spiro atoms. The molecule has 1 heterocycles. The topological polar surface area (TPSA) is 95.9 Å². The third kappa shape index (κ3) is 3.00. The minimum absolute atomic E-state index is 0.0562. The number of hydrogen-bond donors (Lipinski definition) is 1. The first-order valence-electron chi connectivity index (χ1n) is 5.17. The summed E-state index contributed by atoms with van der Waals surface area (Å²) in [5.74, 6) is -1.53. The zero-order valence-corrected chi connectivity index (χ0v) is 9.53. The van der Waals surface area contributed by atoms with Crippen LogP contribution in [0.5, 0.6) is 0 Å². The van der Waals surface area contributed by atoms with Crippen LogP contribution in [0.2, 0.25) is 0 Å². The van der Waals surface area contributed by atoms with E-state index in [1.807, 2.05) is 0 Å². The molecule has 0 aliphatic rings. The van der Waals surface area contributed by atoms with Gasteiger partial charge in [-0.2, -0.15) is 4.80 Å². The van der Waals surface area contributed by atoms with Gasteiger partial charge in [-0.25, -0.2) is 13.6 Å². The summed E-state index contributed by atoms with van der Waals surface area (Å²) in [6.45, 7) is -0.297. The van der Waals surface area contributed by atoms with E-state index in [9.17, 15) is 13.6 Å². The highest BCUT2D eigenvalue weighted by molar-refractivity contribution is 5.64. The van der Waals surface area contributed by atoms with Crippen LogP contribution in [-0.4, -0.2) is 32.9 Å². The van der Waals surface area contributed by atoms with Gasteiger partial charge in [0, 0.05) is 11.6 Å². The molecule has 7 nitrogen and oxygen atoms in total. The van der Waals surface area contributed by atoms with Crippen molar-refractivity contribution < 1.29 is 18.3 Å². The fourth-order valence-electron chi connectivity index (χ4n) is 1.53. The SMILES string of the molecule is NC(=O)OCC(c1ccc(F)cc1F)n1ncnn1. The number of amides is 1. The number of aromatic nitrogens is 4. The Morgan fingerprint density at radius 3 is 2.84 bits per heavy atom. The smallest absolute Gasteiger partial charge is 0.404 e. The molecule has 1 amide bonds. The monoisotopic (exact) mass is 269 g/mol. The van der Waals surface area contributed by atoms with Crippen LogP contribution < -0.4 is 5.73 Å². The minimum atomic E-state index is -1.02. The van der Waals surface area contributed by atoms with Crippen molar-refractivity contribution in [2.24, 2.45) is 5.73 Å². The molecular weight excluding hydrogens is 260 g/mol. The van der Waals surface area contributed by atoms with Crippen molar-refractivity contribution in [1.29, 1.82) is 0 Å². The average molecular weight is 269 g/mol. The Balaban J connectivity index is 2.33. The van der Waals surface area contributed by atoms with E-state index in [-0.39, 0.29) is 12.2 Å². The molecule has 0 radical (unpaired) electrons. The average Bonchev–Trinajstić information content (AvgIpc) is 2.85. The Kier molecular flexibility index (Phi) is 3.64. The second-order valence-electron chi connectivity index (χ2n) is 3.57. The van der Waals surface area contributed by atoms with Gasteiger partial charge in [0.2, 0.25) is 0 Å². The lowest BCUT2D eigenvalue weighted by molar-refractivity contribution is 0.138. The number of tetrazole rings is 1. The molecule has 1 aromatic carbocycles. The van der Waals surface area contributed by atoms with Crippen LogP contribution >= 0.6 is 0 Å². The molecule has 2 rings (SSSR count). The van der Waals surface area contributed by atoms with Gasteiger partial charge in [-0.3, -0.25) is 0 Å². The fourth-order valence-corrected chi connectivity index (χ4v) is 1.53. The lowest BCUT2D eigenvalue weighted by atomic mass is 10.1. The van der Waals surface area contributed by atoms with E-state index in [4.69, 9.17) is 5.73 Å². The van der Waals surface area contributed by atoms with Crippen LogP contribution in [0.1, 0.15) is 11.6 Å². The van der Waals surface area contributed by atoms with Crippen LogP contribution in [0.15, 0.2) is 24.5 Å². The summed E-state index contributed by atoms with van der Waals surface area (Å²) in [6, 6.07) is 2.12. The van der Waals surface area contributed by atoms with Gasteiger partial charge in [0.05, 0.1) is 0 Å². The lowest BCUT2D eigenvalue weighted by Crippen LogP contribution is -2.24. The molecule has 1 unspecified atom stereocenters. The number of carbonyl (C=O) groups excluding carboxylic acids is 1. The molecule has 0 fully saturated rings. The standard InChI is InChI=1S/C10H9F2N5O2/c11-6-1-2-7(8(12)3-6)9(4-19-10(13)18)17-15-5-14-16-17/h1-3,5,9H,4H2,(H2,13,18). The molecule has 2 N–H and O–H groups in total. The minimum Gasteiger partial charge on any atom is -0.447 e. The summed E-state index contributed by atoms with van der Waals surface area (Å²) in [6.07, 6.45) is 0.117. The highest BCUT2D eigenvalue weighted by Crippen LogP contribution is 2.21. The number of benzene rings is 1. The molecule has 2 aromatic rings. The molecule has 100 valence electrons. The molecular formula is C10H9F2N5O2. The van der Waals surface area contributed by atoms with Crippen molar-refractivity contribution >= 4 is 6.09 Å². The zero-order valence-electron chi connectivity index (χ0n) is 9.53. The van der Waals surface area contributed by atoms with Gasteiger partial charge in [0.25, 0.3) is 0 Å². The van der Waals surface area contributed by atoms with Crippen LogP contribution in [0.25, 0.3) is 0 Å². The van der Waals surface area contributed by atoms with Crippen molar-refractivity contribution in [2.75, 3.05) is 6.61 Å². The summed E-state index contributed by atoms with van der Waals surface area (Å²) in [4.78, 5) is 11.7. The van der Waals surface area contributed by atoms with E-state index in [1.54, 1.807) is 0 Å². The van der Waals surface area contributed by atoms with E-state index < -0.39 is 23.8 Å². The van der Waals surface area contributed by atoms with Gasteiger partial charge in [-0.15, -0.1) is 10.2 Å². The third-order valence-corrected chi connectivity index (χ3v) is 2.35. The maximum atomic E-state index is 13.7. The number of hydrogen-bond acceptors (Lipinski definition) is 5. The van der Waals surface area contributed by atoms with E-state index >= 15 is 0 Å². The van der Waals surface area contributed by atoms with Gasteiger partial charge in [-0.1, -0.05) is 6.07 Å². The van der Waals surface area contributed by atoms with Gasteiger partial charge in [-0.05, 0) is 11.3 Å². The van der Waals surface area contributed by atoms with Crippen LogP contribution in [0.3, 0.4) is 0 Å². The maximum absolute atomic E-state index is 13.7. The fraction of sp³-hybridized carbons (Fsp3) is 0.200. The Morgan fingerprint density at radius 2 is 2.26 bits per heavy atom. The van der Waals surface area contributed by atoms with Crippen molar-refractivity contribution in [2.45, 2.75) is 6.04 Å². The molecule has 0 saturated carbocycles. The predicted molar refractivity (Wildman–Crippen MR) is 57.8 cm³/mol. The number of ether oxygens (including phenoxy) is 1. The molecule has 0 aliphatic heterocycles. The Labute approximate surface area is 106 Å². The predicted octanol–water partition coefficient (Wildman–Crippen LogP) is 0.636. The van der Waals surface area contributed by atoms with Crippen molar-refractivity contribution in [3.8, 4) is 0 Å². The second kappa shape index (κ2) is 5.38. The highest BCUT2D eigenvalue weighted by atomic mass is 19.1. The summed E-state index contributed by atoms with van der Waals surface area (Å²) in [5.41, 5.74) is 4.91. The maximum Gasteiger partial charge on any atom is 0.404 e. The molecule has 0 bridgehead atoms. The third-order valence-electron chi connectivity index (χ3n) is 2.35. The van der Waals surface area contributed by atoms with Crippen molar-refractivity contribution in [1.82, 2.24) is 20.2 Å². The van der Waals surface area contributed by atoms with E-state index in [1.165, 1.54) is 6.07 Å². The van der Waals surface area contributed by atoms with Gasteiger partial charge < -0.3 is 10.5 Å². The number of nitrogens with zero attached hydrogens (tertiary/aromatic N) is 4. The van der Waals surface area contributed by atoms with Crippen LogP contribution in [-0.2, 0) is 4.74 Å². The van der Waals surface area contributed by atoms with Crippen molar-refractivity contribution in [3.05, 3.63) is 41.7 Å². The molecule has 1 aromatic heterocycles. The summed E-state index contributed by atoms with van der Waals surface area (Å²) < 4.78 is 31.2. The summed E-state index contributed by atoms with van der Waals surface area (Å²) in [7, 11) is 0. The number of carbonyl (C=O) groups is 1. The number of halogens is 2. The molecule has 0 saturated heterocycles. The first kappa shape index (κ1) is 12.9. The van der Waals surface area contributed by atoms with Gasteiger partial charge in [0.1, 0.15) is 24.3 Å². The number of primary amides is 1. The van der Waals surface area contributed by atoms with Crippen LogP contribution in [0, 0.1) is 11.6 Å². The number of nitrogens with two attached hydrogens (primary N) is 1. The Morgan fingerprint density at radius 1 is 1.47 bits per heavy atom. The van der Waals surface area contributed by atoms with E-state index in [0.717, 1.165) is 17.2 Å². The summed E-state index contributed by atoms with van der Waals surface area (Å²) in [5, 5.41) is 10.8. The molecule has 0 aliphatic carbocycles. The van der Waals surface area contributed by atoms with Gasteiger partial charge >= 0.3 is 6.09 Å². The second-order valence-corrected chi connectivity index (χ2v) is 3.57. The van der Waals surface area contributed by atoms with Crippen LogP contribution in [0.4, 0.5) is 13.6 Å². The Hall–Kier alpha value is -2.58. The Bertz CT molecular complexity index is 575. The zero-order chi connectivity index (χ0) is 13.8. The molecule has 19 heavy (non-hydrogen) atoms. The van der Waals surface area contributed by atoms with E-state index in [2.05, 4.69) is 20.1 Å². The van der Waals surface area contributed by atoms with Gasteiger partial charge in [0.15, 0.2) is 6.33 Å². The van der Waals surface area contributed by atoms with E-state index in [0.29, 0.717) is 6.07 Å². The first-order valence-corrected chi connectivity index (χ1v) is 5.17. The quantitative estimate of drug-likeness (QED) is 0.878. The highest BCUT2D eigenvalue weighted by Gasteiger charge is 2.21. The largest absolute Gasteiger partial charge is 0.447 e. The first-order chi connectivity index (χ1) is 9.08.